The minimum Gasteiger partial charge on any atom is -0.476 e. The third-order valence-electron chi connectivity index (χ3n) is 2.25. The third-order valence-corrected chi connectivity index (χ3v) is 2.25. The van der Waals surface area contributed by atoms with Gasteiger partial charge in [-0.3, -0.25) is 0 Å². The molecule has 0 saturated heterocycles. The SMILES string of the molecule is O=C(O)c1ncoc1-c1ccccc1C(F)(F)F. The van der Waals surface area contributed by atoms with Gasteiger partial charge in [0.05, 0.1) is 5.56 Å². The lowest BCUT2D eigenvalue weighted by Gasteiger charge is -2.10. The standard InChI is InChI=1S/C11H6F3NO3/c12-11(13,14)7-4-2-1-3-6(7)9-8(10(16)17)15-5-18-9/h1-5H,(H,16,17). The number of halogens is 3. The molecular formula is C11H6F3NO3. The maximum Gasteiger partial charge on any atom is 0.417 e. The van der Waals surface area contributed by atoms with Crippen molar-refractivity contribution in [2.24, 2.45) is 0 Å². The molecule has 0 atom stereocenters. The monoisotopic (exact) mass is 257 g/mol. The molecule has 0 radical (unpaired) electrons. The molecule has 0 aliphatic carbocycles. The summed E-state index contributed by atoms with van der Waals surface area (Å²) in [6.07, 6.45) is -3.80. The molecule has 1 heterocycles. The summed E-state index contributed by atoms with van der Waals surface area (Å²) in [4.78, 5) is 14.2. The van der Waals surface area contributed by atoms with Crippen molar-refractivity contribution in [3.8, 4) is 11.3 Å². The lowest BCUT2D eigenvalue weighted by molar-refractivity contribution is -0.137. The maximum absolute atomic E-state index is 12.8. The van der Waals surface area contributed by atoms with Gasteiger partial charge in [-0.2, -0.15) is 13.2 Å². The van der Waals surface area contributed by atoms with Crippen LogP contribution in [0.5, 0.6) is 0 Å². The summed E-state index contributed by atoms with van der Waals surface area (Å²) in [5.74, 6) is -1.86. The number of hydrogen-bond acceptors (Lipinski definition) is 3. The van der Waals surface area contributed by atoms with Crippen molar-refractivity contribution in [1.82, 2.24) is 4.98 Å². The molecule has 1 aromatic carbocycles. The zero-order chi connectivity index (χ0) is 13.3. The van der Waals surface area contributed by atoms with Crippen LogP contribution in [0.4, 0.5) is 13.2 Å². The van der Waals surface area contributed by atoms with E-state index in [1.165, 1.54) is 12.1 Å². The Labute approximate surface area is 98.7 Å². The van der Waals surface area contributed by atoms with Crippen molar-refractivity contribution < 1.29 is 27.5 Å². The van der Waals surface area contributed by atoms with Crippen LogP contribution < -0.4 is 0 Å². The van der Waals surface area contributed by atoms with Gasteiger partial charge in [-0.05, 0) is 6.07 Å². The number of aromatic nitrogens is 1. The van der Waals surface area contributed by atoms with Crippen LogP contribution in [0.2, 0.25) is 0 Å². The zero-order valence-electron chi connectivity index (χ0n) is 8.73. The number of rotatable bonds is 2. The van der Waals surface area contributed by atoms with Crippen molar-refractivity contribution in [2.45, 2.75) is 6.18 Å². The van der Waals surface area contributed by atoms with Crippen molar-refractivity contribution in [2.75, 3.05) is 0 Å². The van der Waals surface area contributed by atoms with Crippen LogP contribution in [-0.4, -0.2) is 16.1 Å². The first kappa shape index (κ1) is 12.2. The first-order valence-electron chi connectivity index (χ1n) is 4.74. The van der Waals surface area contributed by atoms with Gasteiger partial charge in [0.1, 0.15) is 0 Å². The van der Waals surface area contributed by atoms with Crippen molar-refractivity contribution >= 4 is 5.97 Å². The summed E-state index contributed by atoms with van der Waals surface area (Å²) in [6, 6.07) is 4.56. The first-order chi connectivity index (χ1) is 8.41. The molecule has 0 fully saturated rings. The van der Waals surface area contributed by atoms with Gasteiger partial charge in [0.15, 0.2) is 17.8 Å². The highest BCUT2D eigenvalue weighted by molar-refractivity contribution is 5.92. The fraction of sp³-hybridized carbons (Fsp3) is 0.0909. The molecule has 7 heteroatoms. The van der Waals surface area contributed by atoms with Gasteiger partial charge in [0.25, 0.3) is 0 Å². The Bertz CT molecular complexity index is 589. The van der Waals surface area contributed by atoms with Crippen LogP contribution in [-0.2, 0) is 6.18 Å². The lowest BCUT2D eigenvalue weighted by Crippen LogP contribution is -2.08. The van der Waals surface area contributed by atoms with Gasteiger partial charge in [0.2, 0.25) is 0 Å². The van der Waals surface area contributed by atoms with Gasteiger partial charge < -0.3 is 9.52 Å². The second-order valence-electron chi connectivity index (χ2n) is 3.38. The van der Waals surface area contributed by atoms with Crippen molar-refractivity contribution in [3.63, 3.8) is 0 Å². The summed E-state index contributed by atoms with van der Waals surface area (Å²) in [6.45, 7) is 0. The molecule has 0 spiro atoms. The lowest BCUT2D eigenvalue weighted by atomic mass is 10.0. The molecule has 4 nitrogen and oxygen atoms in total. The highest BCUT2D eigenvalue weighted by atomic mass is 19.4. The highest BCUT2D eigenvalue weighted by Crippen LogP contribution is 2.37. The quantitative estimate of drug-likeness (QED) is 0.897. The van der Waals surface area contributed by atoms with Crippen molar-refractivity contribution in [3.05, 3.63) is 41.9 Å². The Morgan fingerprint density at radius 2 is 1.94 bits per heavy atom. The molecular weight excluding hydrogens is 251 g/mol. The molecule has 0 unspecified atom stereocenters. The number of alkyl halides is 3. The average Bonchev–Trinajstić information content (AvgIpc) is 2.76. The Hall–Kier alpha value is -2.31. The topological polar surface area (TPSA) is 63.3 Å². The fourth-order valence-electron chi connectivity index (χ4n) is 1.52. The molecule has 0 aliphatic rings. The van der Waals surface area contributed by atoms with Gasteiger partial charge in [-0.25, -0.2) is 9.78 Å². The third kappa shape index (κ3) is 2.06. The maximum atomic E-state index is 12.8. The van der Waals surface area contributed by atoms with Crippen LogP contribution in [0.3, 0.4) is 0 Å². The smallest absolute Gasteiger partial charge is 0.417 e. The largest absolute Gasteiger partial charge is 0.476 e. The van der Waals surface area contributed by atoms with Crippen molar-refractivity contribution in [1.29, 1.82) is 0 Å². The molecule has 0 saturated carbocycles. The van der Waals surface area contributed by atoms with E-state index < -0.39 is 29.2 Å². The second-order valence-corrected chi connectivity index (χ2v) is 3.38. The Kier molecular flexibility index (Phi) is 2.82. The molecule has 1 aromatic heterocycles. The molecule has 0 bridgehead atoms. The summed E-state index contributed by atoms with van der Waals surface area (Å²) < 4.78 is 43.0. The normalized spacial score (nSPS) is 11.5. The fourth-order valence-corrected chi connectivity index (χ4v) is 1.52. The average molecular weight is 257 g/mol. The van der Waals surface area contributed by atoms with E-state index in [9.17, 15) is 18.0 Å². The summed E-state index contributed by atoms with van der Waals surface area (Å²) in [5, 5.41) is 8.81. The van der Waals surface area contributed by atoms with Gasteiger partial charge >= 0.3 is 12.1 Å². The van der Waals surface area contributed by atoms with E-state index in [4.69, 9.17) is 9.52 Å². The molecule has 0 amide bonds. The predicted octanol–water partition coefficient (Wildman–Crippen LogP) is 3.06. The van der Waals surface area contributed by atoms with E-state index >= 15 is 0 Å². The number of carboxylic acid groups (broad SMARTS) is 1. The summed E-state index contributed by atoms with van der Waals surface area (Å²) in [5.41, 5.74) is -1.86. The molecule has 94 valence electrons. The number of benzene rings is 1. The van der Waals surface area contributed by atoms with E-state index in [2.05, 4.69) is 4.98 Å². The first-order valence-corrected chi connectivity index (χ1v) is 4.74. The highest BCUT2D eigenvalue weighted by Gasteiger charge is 2.35. The predicted molar refractivity (Wildman–Crippen MR) is 53.9 cm³/mol. The summed E-state index contributed by atoms with van der Waals surface area (Å²) >= 11 is 0. The van der Waals surface area contributed by atoms with E-state index in [1.807, 2.05) is 0 Å². The number of aromatic carboxylic acids is 1. The second kappa shape index (κ2) is 4.17. The molecule has 2 rings (SSSR count). The number of nitrogens with zero attached hydrogens (tertiary/aromatic N) is 1. The minimum atomic E-state index is -4.60. The number of oxazole rings is 1. The van der Waals surface area contributed by atoms with Gasteiger partial charge in [-0.1, -0.05) is 18.2 Å². The van der Waals surface area contributed by atoms with Gasteiger partial charge in [-0.15, -0.1) is 0 Å². The Morgan fingerprint density at radius 1 is 1.28 bits per heavy atom. The zero-order valence-corrected chi connectivity index (χ0v) is 8.73. The number of hydrogen-bond donors (Lipinski definition) is 1. The van der Waals surface area contributed by atoms with Crippen LogP contribution in [0, 0.1) is 0 Å². The van der Waals surface area contributed by atoms with Crippen LogP contribution >= 0.6 is 0 Å². The molecule has 18 heavy (non-hydrogen) atoms. The Balaban J connectivity index is 2.65. The van der Waals surface area contributed by atoms with E-state index in [0.29, 0.717) is 0 Å². The van der Waals surface area contributed by atoms with Gasteiger partial charge in [0, 0.05) is 5.56 Å². The van der Waals surface area contributed by atoms with E-state index in [0.717, 1.165) is 18.5 Å². The number of carbonyl (C=O) groups is 1. The molecule has 0 aliphatic heterocycles. The minimum absolute atomic E-state index is 0.347. The van der Waals surface area contributed by atoms with E-state index in [-0.39, 0.29) is 5.56 Å². The van der Waals surface area contributed by atoms with E-state index in [1.54, 1.807) is 0 Å². The Morgan fingerprint density at radius 3 is 2.56 bits per heavy atom. The van der Waals surface area contributed by atoms with Crippen LogP contribution in [0.15, 0.2) is 35.1 Å². The summed E-state index contributed by atoms with van der Waals surface area (Å²) in [7, 11) is 0. The number of carboxylic acids is 1. The molecule has 1 N–H and O–H groups in total. The van der Waals surface area contributed by atoms with Crippen LogP contribution in [0.1, 0.15) is 16.1 Å². The van der Waals surface area contributed by atoms with Crippen LogP contribution in [0.25, 0.3) is 11.3 Å². The molecule has 2 aromatic rings.